The van der Waals surface area contributed by atoms with Crippen LogP contribution in [0.2, 0.25) is 0 Å². The summed E-state index contributed by atoms with van der Waals surface area (Å²) >= 11 is 0. The number of hydrogen-bond donors (Lipinski definition) is 0. The summed E-state index contributed by atoms with van der Waals surface area (Å²) in [5, 5.41) is 27.6. The number of rotatable bonds is 7. The summed E-state index contributed by atoms with van der Waals surface area (Å²) in [6.45, 7) is 3.08. The lowest BCUT2D eigenvalue weighted by molar-refractivity contribution is -0.137. The second kappa shape index (κ2) is 10.8. The van der Waals surface area contributed by atoms with Gasteiger partial charge in [-0.3, -0.25) is 9.38 Å². The monoisotopic (exact) mass is 551 g/mol. The summed E-state index contributed by atoms with van der Waals surface area (Å²) in [5.41, 5.74) is 1.78. The molecule has 0 aliphatic carbocycles. The van der Waals surface area contributed by atoms with Gasteiger partial charge in [0.1, 0.15) is 23.1 Å². The predicted molar refractivity (Wildman–Crippen MR) is 134 cm³/mol. The van der Waals surface area contributed by atoms with E-state index in [0.717, 1.165) is 30.8 Å². The first-order valence-electron chi connectivity index (χ1n) is 12.4. The number of piperidine rings is 1. The highest BCUT2D eigenvalue weighted by Gasteiger charge is 2.32. The molecule has 0 aromatic carbocycles. The van der Waals surface area contributed by atoms with E-state index in [-0.39, 0.29) is 29.8 Å². The number of methoxy groups -OCH3 is 1. The van der Waals surface area contributed by atoms with Crippen LogP contribution in [0.1, 0.15) is 47.5 Å². The minimum Gasteiger partial charge on any atom is -0.468 e. The number of pyridine rings is 2. The van der Waals surface area contributed by atoms with Crippen molar-refractivity contribution in [3.8, 4) is 29.4 Å². The number of fused-ring (bicyclic) bond motifs is 1. The molecule has 40 heavy (non-hydrogen) atoms. The number of ether oxygens (including phenoxy) is 2. The van der Waals surface area contributed by atoms with Gasteiger partial charge in [0.15, 0.2) is 12.3 Å². The third-order valence-corrected chi connectivity index (χ3v) is 6.88. The van der Waals surface area contributed by atoms with Crippen LogP contribution in [-0.2, 0) is 10.9 Å². The van der Waals surface area contributed by atoms with Gasteiger partial charge in [0.25, 0.3) is 0 Å². The van der Waals surface area contributed by atoms with Gasteiger partial charge in [-0.05, 0) is 31.9 Å². The van der Waals surface area contributed by atoms with Crippen molar-refractivity contribution >= 4 is 5.65 Å². The van der Waals surface area contributed by atoms with E-state index in [0.29, 0.717) is 30.0 Å². The molecule has 1 aliphatic heterocycles. The Hall–Kier alpha value is -4.69. The zero-order chi connectivity index (χ0) is 28.4. The third-order valence-electron chi connectivity index (χ3n) is 6.88. The molecule has 0 amide bonds. The minimum atomic E-state index is -4.58. The molecule has 0 radical (unpaired) electrons. The second-order valence-corrected chi connectivity index (χ2v) is 9.38. The fourth-order valence-corrected chi connectivity index (χ4v) is 4.83. The van der Waals surface area contributed by atoms with Crippen LogP contribution in [0.4, 0.5) is 13.2 Å². The van der Waals surface area contributed by atoms with Gasteiger partial charge in [0, 0.05) is 49.8 Å². The van der Waals surface area contributed by atoms with Gasteiger partial charge in [0.05, 0.1) is 30.1 Å². The molecule has 206 valence electrons. The SMILES string of the molecule is COCC(Oc1cc(-c2nnn(C3CCN(C#N)CC3)c2C)cc2ncc(C#N)n12)c1cncc(C(F)(F)F)c1. The predicted octanol–water partition coefficient (Wildman–Crippen LogP) is 4.07. The number of nitrogens with zero attached hydrogens (tertiary/aromatic N) is 9. The van der Waals surface area contributed by atoms with E-state index in [1.165, 1.54) is 23.9 Å². The lowest BCUT2D eigenvalue weighted by Crippen LogP contribution is -2.31. The average molecular weight is 552 g/mol. The maximum atomic E-state index is 13.4. The van der Waals surface area contributed by atoms with Gasteiger partial charge in [-0.2, -0.15) is 23.7 Å². The molecule has 4 aromatic heterocycles. The van der Waals surface area contributed by atoms with Crippen LogP contribution in [0.15, 0.2) is 36.8 Å². The second-order valence-electron chi connectivity index (χ2n) is 9.38. The Morgan fingerprint density at radius 2 is 1.90 bits per heavy atom. The number of nitriles is 2. The van der Waals surface area contributed by atoms with Crippen molar-refractivity contribution in [2.45, 2.75) is 38.1 Å². The van der Waals surface area contributed by atoms with E-state index in [4.69, 9.17) is 14.7 Å². The molecule has 1 atom stereocenters. The smallest absolute Gasteiger partial charge is 0.417 e. The summed E-state index contributed by atoms with van der Waals surface area (Å²) in [6.07, 6.45) is 1.52. The molecular formula is C26H24F3N9O2. The van der Waals surface area contributed by atoms with Crippen LogP contribution in [0.5, 0.6) is 5.88 Å². The summed E-state index contributed by atoms with van der Waals surface area (Å²) in [4.78, 5) is 9.79. The molecule has 11 nitrogen and oxygen atoms in total. The Bertz CT molecular complexity index is 1610. The molecule has 4 aromatic rings. The molecule has 14 heteroatoms. The van der Waals surface area contributed by atoms with E-state index in [2.05, 4.69) is 32.5 Å². The first kappa shape index (κ1) is 26.9. The molecule has 1 unspecified atom stereocenters. The molecule has 0 N–H and O–H groups in total. The fraction of sp³-hybridized carbons (Fsp3) is 0.385. The Morgan fingerprint density at radius 3 is 2.58 bits per heavy atom. The molecular weight excluding hydrogens is 527 g/mol. The number of halogens is 3. The van der Waals surface area contributed by atoms with Crippen molar-refractivity contribution in [2.24, 2.45) is 0 Å². The molecule has 0 spiro atoms. The zero-order valence-electron chi connectivity index (χ0n) is 21.6. The Labute approximate surface area is 227 Å². The number of imidazole rings is 1. The van der Waals surface area contributed by atoms with Crippen molar-refractivity contribution in [3.05, 3.63) is 59.3 Å². The standard InChI is InChI=1S/C26H24F3N9O2/c1-16-25(34-35-38(16)20-3-5-36(15-31)6-4-20)17-8-23-33-13-21(10-30)37(23)24(9-17)40-22(14-39-2)18-7-19(12-32-11-18)26(27,28)29/h7-9,11-13,20,22H,3-6,14H2,1-2H3. The van der Waals surface area contributed by atoms with E-state index in [9.17, 15) is 18.4 Å². The van der Waals surface area contributed by atoms with Crippen LogP contribution in [0.3, 0.4) is 0 Å². The maximum Gasteiger partial charge on any atom is 0.417 e. The topological polar surface area (TPSA) is 130 Å². The largest absolute Gasteiger partial charge is 0.468 e. The van der Waals surface area contributed by atoms with Crippen LogP contribution in [0, 0.1) is 29.7 Å². The Kier molecular flexibility index (Phi) is 7.28. The summed E-state index contributed by atoms with van der Waals surface area (Å²) in [5.74, 6) is 0.164. The Balaban J connectivity index is 1.54. The maximum absolute atomic E-state index is 13.4. The van der Waals surface area contributed by atoms with Gasteiger partial charge in [-0.1, -0.05) is 5.21 Å². The van der Waals surface area contributed by atoms with E-state index >= 15 is 0 Å². The van der Waals surface area contributed by atoms with Gasteiger partial charge in [0.2, 0.25) is 5.88 Å². The first-order chi connectivity index (χ1) is 19.2. The average Bonchev–Trinajstić information content (AvgIpc) is 3.55. The first-order valence-corrected chi connectivity index (χ1v) is 12.4. The van der Waals surface area contributed by atoms with Crippen molar-refractivity contribution in [1.29, 1.82) is 10.5 Å². The van der Waals surface area contributed by atoms with Gasteiger partial charge in [-0.15, -0.1) is 5.10 Å². The van der Waals surface area contributed by atoms with Crippen LogP contribution in [-0.4, -0.2) is 61.1 Å². The highest BCUT2D eigenvalue weighted by molar-refractivity contribution is 5.68. The summed E-state index contributed by atoms with van der Waals surface area (Å²) in [6, 6.07) is 6.50. The number of alkyl halides is 3. The molecule has 0 saturated carbocycles. The van der Waals surface area contributed by atoms with Crippen LogP contribution < -0.4 is 4.74 Å². The number of aromatic nitrogens is 6. The molecule has 1 aliphatic rings. The summed E-state index contributed by atoms with van der Waals surface area (Å²) in [7, 11) is 1.41. The minimum absolute atomic E-state index is 0.0814. The van der Waals surface area contributed by atoms with E-state index in [1.54, 1.807) is 17.0 Å². The molecule has 1 saturated heterocycles. The fourth-order valence-electron chi connectivity index (χ4n) is 4.83. The van der Waals surface area contributed by atoms with Crippen molar-refractivity contribution in [1.82, 2.24) is 34.3 Å². The molecule has 5 rings (SSSR count). The van der Waals surface area contributed by atoms with Gasteiger partial charge < -0.3 is 14.4 Å². The van der Waals surface area contributed by atoms with Crippen molar-refractivity contribution in [2.75, 3.05) is 26.8 Å². The molecule has 5 heterocycles. The molecule has 0 bridgehead atoms. The number of hydrogen-bond acceptors (Lipinski definition) is 9. The third kappa shape index (κ3) is 5.13. The highest BCUT2D eigenvalue weighted by Crippen LogP contribution is 2.34. The van der Waals surface area contributed by atoms with Gasteiger partial charge in [-0.25, -0.2) is 9.67 Å². The number of likely N-dealkylation sites (tertiary alicyclic amines) is 1. The van der Waals surface area contributed by atoms with Crippen molar-refractivity contribution < 1.29 is 22.6 Å². The molecule has 1 fully saturated rings. The van der Waals surface area contributed by atoms with Gasteiger partial charge >= 0.3 is 6.18 Å². The normalized spacial score (nSPS) is 15.1. The lowest BCUT2D eigenvalue weighted by atomic mass is 10.0. The van der Waals surface area contributed by atoms with Crippen LogP contribution >= 0.6 is 0 Å². The van der Waals surface area contributed by atoms with E-state index in [1.807, 2.05) is 11.6 Å². The zero-order valence-corrected chi connectivity index (χ0v) is 21.6. The quantitative estimate of drug-likeness (QED) is 0.312. The van der Waals surface area contributed by atoms with E-state index < -0.39 is 17.8 Å². The lowest BCUT2D eigenvalue weighted by Gasteiger charge is -2.28. The van der Waals surface area contributed by atoms with Crippen LogP contribution in [0.25, 0.3) is 16.9 Å². The van der Waals surface area contributed by atoms with Crippen molar-refractivity contribution in [3.63, 3.8) is 0 Å². The summed E-state index contributed by atoms with van der Waals surface area (Å²) < 4.78 is 54.9. The Morgan fingerprint density at radius 1 is 1.12 bits per heavy atom. The highest BCUT2D eigenvalue weighted by atomic mass is 19.4.